The van der Waals surface area contributed by atoms with Crippen molar-refractivity contribution in [3.05, 3.63) is 0 Å². The van der Waals surface area contributed by atoms with Crippen LogP contribution in [-0.4, -0.2) is 41.1 Å². The molecule has 0 aliphatic carbocycles. The number of rotatable bonds is 2. The van der Waals surface area contributed by atoms with Gasteiger partial charge in [-0.2, -0.15) is 0 Å². The van der Waals surface area contributed by atoms with E-state index in [-0.39, 0.29) is 0 Å². The largest absolute Gasteiger partial charge is 0.285 e. The normalized spacial score (nSPS) is 41.8. The van der Waals surface area contributed by atoms with Gasteiger partial charge < -0.3 is 0 Å². The van der Waals surface area contributed by atoms with E-state index in [1.54, 1.807) is 0 Å². The third kappa shape index (κ3) is 1.62. The molecule has 2 nitrogen and oxygen atoms in total. The second-order valence-electron chi connectivity index (χ2n) is 5.57. The standard InChI is InChI=1S/C13H24N2/c1-2-5-11-10-12-6-3-8-15(12)13-7-4-9-14(11)13/h11-13H,2-10H2,1H3/t11-,12?,13?/m1/s1. The van der Waals surface area contributed by atoms with E-state index < -0.39 is 0 Å². The van der Waals surface area contributed by atoms with Crippen molar-refractivity contribution < 1.29 is 0 Å². The zero-order valence-electron chi connectivity index (χ0n) is 9.99. The van der Waals surface area contributed by atoms with Gasteiger partial charge >= 0.3 is 0 Å². The van der Waals surface area contributed by atoms with Gasteiger partial charge in [0.25, 0.3) is 0 Å². The minimum atomic E-state index is 0.836. The predicted molar refractivity (Wildman–Crippen MR) is 62.8 cm³/mol. The fourth-order valence-corrected chi connectivity index (χ4v) is 4.12. The molecule has 0 saturated carbocycles. The molecule has 0 spiro atoms. The van der Waals surface area contributed by atoms with Crippen LogP contribution in [-0.2, 0) is 0 Å². The van der Waals surface area contributed by atoms with Crippen LogP contribution < -0.4 is 0 Å². The van der Waals surface area contributed by atoms with Crippen molar-refractivity contribution in [2.24, 2.45) is 0 Å². The molecule has 0 aromatic heterocycles. The van der Waals surface area contributed by atoms with E-state index in [2.05, 4.69) is 16.7 Å². The SMILES string of the molecule is CCC[C@@H]1CC2CCCN2C2CCCN21. The number of hydrogen-bond acceptors (Lipinski definition) is 2. The van der Waals surface area contributed by atoms with Crippen molar-refractivity contribution in [2.45, 2.75) is 70.1 Å². The number of fused-ring (bicyclic) bond motifs is 3. The van der Waals surface area contributed by atoms with E-state index in [4.69, 9.17) is 0 Å². The Morgan fingerprint density at radius 3 is 2.73 bits per heavy atom. The van der Waals surface area contributed by atoms with E-state index in [1.165, 1.54) is 58.0 Å². The van der Waals surface area contributed by atoms with Gasteiger partial charge in [-0.05, 0) is 45.1 Å². The summed E-state index contributed by atoms with van der Waals surface area (Å²) in [6.07, 6.45) is 10.9. The molecule has 3 atom stereocenters. The first-order valence-electron chi connectivity index (χ1n) is 6.91. The zero-order chi connectivity index (χ0) is 10.3. The minimum absolute atomic E-state index is 0.836. The lowest BCUT2D eigenvalue weighted by molar-refractivity contribution is -0.0251. The van der Waals surface area contributed by atoms with Crippen molar-refractivity contribution in [1.29, 1.82) is 0 Å². The molecule has 86 valence electrons. The molecule has 15 heavy (non-hydrogen) atoms. The molecule has 3 saturated heterocycles. The zero-order valence-corrected chi connectivity index (χ0v) is 9.99. The lowest BCUT2D eigenvalue weighted by Crippen LogP contribution is -2.57. The van der Waals surface area contributed by atoms with Crippen LogP contribution in [0.1, 0.15) is 51.9 Å². The van der Waals surface area contributed by atoms with Crippen LogP contribution in [0.2, 0.25) is 0 Å². The number of nitrogens with zero attached hydrogens (tertiary/aromatic N) is 2. The molecule has 0 radical (unpaired) electrons. The third-order valence-corrected chi connectivity index (χ3v) is 4.70. The Kier molecular flexibility index (Phi) is 2.73. The van der Waals surface area contributed by atoms with Gasteiger partial charge in [0, 0.05) is 18.6 Å². The molecular weight excluding hydrogens is 184 g/mol. The highest BCUT2D eigenvalue weighted by atomic mass is 15.4. The van der Waals surface area contributed by atoms with Gasteiger partial charge in [0.1, 0.15) is 0 Å². The van der Waals surface area contributed by atoms with E-state index in [0.29, 0.717) is 0 Å². The van der Waals surface area contributed by atoms with Crippen LogP contribution in [0.3, 0.4) is 0 Å². The quantitative estimate of drug-likeness (QED) is 0.688. The van der Waals surface area contributed by atoms with Crippen molar-refractivity contribution >= 4 is 0 Å². The topological polar surface area (TPSA) is 6.48 Å². The Bertz CT molecular complexity index is 229. The average Bonchev–Trinajstić information content (AvgIpc) is 2.84. The maximum atomic E-state index is 2.82. The van der Waals surface area contributed by atoms with Gasteiger partial charge in [0.05, 0.1) is 6.17 Å². The molecule has 3 rings (SSSR count). The molecule has 2 unspecified atom stereocenters. The Balaban J connectivity index is 1.77. The van der Waals surface area contributed by atoms with Crippen molar-refractivity contribution in [3.8, 4) is 0 Å². The summed E-state index contributed by atoms with van der Waals surface area (Å²) in [5.74, 6) is 0. The fourth-order valence-electron chi connectivity index (χ4n) is 4.12. The molecule has 3 heterocycles. The van der Waals surface area contributed by atoms with Crippen LogP contribution in [0.25, 0.3) is 0 Å². The maximum absolute atomic E-state index is 2.82. The number of hydrogen-bond donors (Lipinski definition) is 0. The smallest absolute Gasteiger partial charge is 0.0627 e. The van der Waals surface area contributed by atoms with Crippen molar-refractivity contribution in [1.82, 2.24) is 9.80 Å². The molecule has 0 amide bonds. The fraction of sp³-hybridized carbons (Fsp3) is 1.00. The second-order valence-corrected chi connectivity index (χ2v) is 5.57. The maximum Gasteiger partial charge on any atom is 0.0627 e. The molecule has 0 N–H and O–H groups in total. The predicted octanol–water partition coefficient (Wildman–Crippen LogP) is 2.45. The van der Waals surface area contributed by atoms with Gasteiger partial charge in [-0.15, -0.1) is 0 Å². The lowest BCUT2D eigenvalue weighted by atomic mass is 9.96. The molecule has 2 heteroatoms. The first-order valence-corrected chi connectivity index (χ1v) is 6.91. The summed E-state index contributed by atoms with van der Waals surface area (Å²) in [5, 5.41) is 0. The lowest BCUT2D eigenvalue weighted by Gasteiger charge is -2.47. The summed E-state index contributed by atoms with van der Waals surface area (Å²) in [7, 11) is 0. The Morgan fingerprint density at radius 1 is 1.07 bits per heavy atom. The highest BCUT2D eigenvalue weighted by Crippen LogP contribution is 2.38. The Hall–Kier alpha value is -0.0800. The molecule has 0 bridgehead atoms. The molecule has 3 fully saturated rings. The first kappa shape index (κ1) is 10.1. The Morgan fingerprint density at radius 2 is 1.87 bits per heavy atom. The van der Waals surface area contributed by atoms with Crippen LogP contribution >= 0.6 is 0 Å². The van der Waals surface area contributed by atoms with Gasteiger partial charge in [-0.1, -0.05) is 13.3 Å². The Labute approximate surface area is 93.6 Å². The minimum Gasteiger partial charge on any atom is -0.285 e. The van der Waals surface area contributed by atoms with Gasteiger partial charge in [-0.25, -0.2) is 0 Å². The molecule has 0 aromatic rings. The second kappa shape index (κ2) is 4.06. The summed E-state index contributed by atoms with van der Waals surface area (Å²) in [4.78, 5) is 5.64. The third-order valence-electron chi connectivity index (χ3n) is 4.70. The van der Waals surface area contributed by atoms with Crippen molar-refractivity contribution in [2.75, 3.05) is 13.1 Å². The van der Waals surface area contributed by atoms with Crippen LogP contribution in [0.15, 0.2) is 0 Å². The van der Waals surface area contributed by atoms with E-state index in [1.807, 2.05) is 0 Å². The van der Waals surface area contributed by atoms with Crippen LogP contribution in [0, 0.1) is 0 Å². The first-order chi connectivity index (χ1) is 7.40. The van der Waals surface area contributed by atoms with E-state index >= 15 is 0 Å². The summed E-state index contributed by atoms with van der Waals surface area (Å²) in [5.41, 5.74) is 0. The summed E-state index contributed by atoms with van der Waals surface area (Å²) in [6, 6.07) is 1.86. The van der Waals surface area contributed by atoms with E-state index in [9.17, 15) is 0 Å². The summed E-state index contributed by atoms with van der Waals surface area (Å²) < 4.78 is 0. The van der Waals surface area contributed by atoms with Gasteiger partial charge in [-0.3, -0.25) is 9.80 Å². The molecule has 3 aliphatic rings. The monoisotopic (exact) mass is 208 g/mol. The van der Waals surface area contributed by atoms with Crippen LogP contribution in [0.5, 0.6) is 0 Å². The summed E-state index contributed by atoms with van der Waals surface area (Å²) in [6.45, 7) is 5.09. The van der Waals surface area contributed by atoms with E-state index in [0.717, 1.165) is 18.2 Å². The van der Waals surface area contributed by atoms with Crippen molar-refractivity contribution in [3.63, 3.8) is 0 Å². The van der Waals surface area contributed by atoms with Gasteiger partial charge in [0.15, 0.2) is 0 Å². The highest BCUT2D eigenvalue weighted by molar-refractivity contribution is 4.97. The van der Waals surface area contributed by atoms with Crippen LogP contribution in [0.4, 0.5) is 0 Å². The molecular formula is C13H24N2. The highest BCUT2D eigenvalue weighted by Gasteiger charge is 2.44. The average molecular weight is 208 g/mol. The molecule has 3 aliphatic heterocycles. The van der Waals surface area contributed by atoms with Gasteiger partial charge in [0.2, 0.25) is 0 Å². The summed E-state index contributed by atoms with van der Waals surface area (Å²) >= 11 is 0. The molecule has 0 aromatic carbocycles.